The first-order valence-corrected chi connectivity index (χ1v) is 11.4. The number of urea groups is 1. The zero-order valence-corrected chi connectivity index (χ0v) is 19.9. The minimum absolute atomic E-state index is 0.0247. The number of hydrogen-bond donors (Lipinski definition) is 1. The molecule has 0 fully saturated rings. The topological polar surface area (TPSA) is 65.8 Å². The van der Waals surface area contributed by atoms with Crippen LogP contribution >= 0.6 is 0 Å². The van der Waals surface area contributed by atoms with Crippen LogP contribution in [0.25, 0.3) is 0 Å². The van der Waals surface area contributed by atoms with E-state index >= 15 is 0 Å². The highest BCUT2D eigenvalue weighted by Crippen LogP contribution is 2.16. The van der Waals surface area contributed by atoms with Gasteiger partial charge in [0.1, 0.15) is 18.1 Å². The van der Waals surface area contributed by atoms with Crippen LogP contribution in [0.15, 0.2) is 71.1 Å². The van der Waals surface area contributed by atoms with Crippen molar-refractivity contribution in [3.05, 3.63) is 89.4 Å². The molecule has 0 radical (unpaired) electrons. The maximum atomic E-state index is 13.4. The van der Waals surface area contributed by atoms with Gasteiger partial charge in [-0.15, -0.1) is 0 Å². The van der Waals surface area contributed by atoms with E-state index in [1.165, 1.54) is 5.56 Å². The van der Waals surface area contributed by atoms with Crippen molar-refractivity contribution in [1.82, 2.24) is 9.80 Å². The summed E-state index contributed by atoms with van der Waals surface area (Å²) < 4.78 is 5.71. The van der Waals surface area contributed by atoms with E-state index in [-0.39, 0.29) is 24.5 Å². The lowest BCUT2D eigenvalue weighted by atomic mass is 10.1. The van der Waals surface area contributed by atoms with Crippen molar-refractivity contribution >= 4 is 17.6 Å². The summed E-state index contributed by atoms with van der Waals surface area (Å²) in [5.41, 5.74) is 2.93. The second-order valence-electron chi connectivity index (χ2n) is 8.45. The van der Waals surface area contributed by atoms with Gasteiger partial charge in [0.2, 0.25) is 5.91 Å². The number of anilines is 1. The molecule has 6 heteroatoms. The monoisotopic (exact) mass is 447 g/mol. The van der Waals surface area contributed by atoms with Crippen LogP contribution in [0.1, 0.15) is 43.4 Å². The van der Waals surface area contributed by atoms with Crippen molar-refractivity contribution in [2.45, 2.75) is 53.2 Å². The van der Waals surface area contributed by atoms with Gasteiger partial charge in [-0.2, -0.15) is 0 Å². The molecule has 0 spiro atoms. The largest absolute Gasteiger partial charge is 0.464 e. The fourth-order valence-corrected chi connectivity index (χ4v) is 3.55. The molecule has 1 N–H and O–H groups in total. The zero-order chi connectivity index (χ0) is 23.8. The van der Waals surface area contributed by atoms with Crippen LogP contribution in [0, 0.1) is 6.92 Å². The number of hydrogen-bond acceptors (Lipinski definition) is 3. The smallest absolute Gasteiger partial charge is 0.322 e. The number of carbonyl (C=O) groups excluding carboxylic acids is 2. The van der Waals surface area contributed by atoms with E-state index in [2.05, 4.69) is 12.2 Å². The first-order chi connectivity index (χ1) is 15.9. The van der Waals surface area contributed by atoms with Crippen molar-refractivity contribution in [3.63, 3.8) is 0 Å². The quantitative estimate of drug-likeness (QED) is 0.463. The molecule has 2 aromatic carbocycles. The lowest BCUT2D eigenvalue weighted by Gasteiger charge is -2.30. The molecule has 33 heavy (non-hydrogen) atoms. The number of nitrogens with zero attached hydrogens (tertiary/aromatic N) is 2. The van der Waals surface area contributed by atoms with Gasteiger partial charge in [0, 0.05) is 18.3 Å². The summed E-state index contributed by atoms with van der Waals surface area (Å²) >= 11 is 0. The third-order valence-electron chi connectivity index (χ3n) is 5.51. The van der Waals surface area contributed by atoms with Crippen LogP contribution in [0.2, 0.25) is 0 Å². The summed E-state index contributed by atoms with van der Waals surface area (Å²) in [4.78, 5) is 29.7. The molecule has 3 aromatic rings. The maximum Gasteiger partial charge on any atom is 0.322 e. The second kappa shape index (κ2) is 11.4. The van der Waals surface area contributed by atoms with Crippen molar-refractivity contribution in [2.75, 3.05) is 11.9 Å². The fourth-order valence-electron chi connectivity index (χ4n) is 3.55. The maximum absolute atomic E-state index is 13.4. The van der Waals surface area contributed by atoms with Gasteiger partial charge in [-0.3, -0.25) is 4.79 Å². The molecule has 6 nitrogen and oxygen atoms in total. The van der Waals surface area contributed by atoms with Crippen molar-refractivity contribution < 1.29 is 14.0 Å². The molecule has 3 amide bonds. The van der Waals surface area contributed by atoms with Gasteiger partial charge in [-0.25, -0.2) is 4.79 Å². The molecule has 1 aromatic heterocycles. The number of furan rings is 1. The summed E-state index contributed by atoms with van der Waals surface area (Å²) in [7, 11) is 0. The molecule has 0 saturated heterocycles. The van der Waals surface area contributed by atoms with Gasteiger partial charge in [-0.1, -0.05) is 49.4 Å². The first kappa shape index (κ1) is 24.1. The highest BCUT2D eigenvalue weighted by Gasteiger charge is 2.24. The minimum Gasteiger partial charge on any atom is -0.464 e. The van der Waals surface area contributed by atoms with E-state index in [1.807, 2.05) is 87.5 Å². The Hall–Kier alpha value is -3.54. The van der Waals surface area contributed by atoms with Gasteiger partial charge in [0.15, 0.2) is 0 Å². The summed E-state index contributed by atoms with van der Waals surface area (Å²) in [6.45, 7) is 8.53. The third-order valence-corrected chi connectivity index (χ3v) is 5.51. The number of carbonyl (C=O) groups is 2. The summed E-state index contributed by atoms with van der Waals surface area (Å²) in [5, 5.41) is 2.92. The Balaban J connectivity index is 1.73. The Morgan fingerprint density at radius 2 is 1.61 bits per heavy atom. The Bertz CT molecular complexity index is 1040. The average Bonchev–Trinajstić information content (AvgIpc) is 3.22. The number of nitrogens with one attached hydrogen (secondary N) is 1. The molecule has 0 unspecified atom stereocenters. The molecule has 0 bridgehead atoms. The standard InChI is InChI=1S/C27H33N3O3/c1-5-22-12-14-24(15-13-22)28-27(32)30(20(2)3)19-26(31)29(17-23-9-7-6-8-10-23)18-25-16-11-21(4)33-25/h6-16,20H,5,17-19H2,1-4H3,(H,28,32). The minimum atomic E-state index is -0.295. The number of amides is 3. The SMILES string of the molecule is CCc1ccc(NC(=O)N(CC(=O)N(Cc2ccccc2)Cc2ccc(C)o2)C(C)C)cc1. The van der Waals surface area contributed by atoms with E-state index in [0.717, 1.165) is 17.7 Å². The average molecular weight is 448 g/mol. The van der Waals surface area contributed by atoms with Crippen molar-refractivity contribution in [1.29, 1.82) is 0 Å². The molecular weight excluding hydrogens is 414 g/mol. The van der Waals surface area contributed by atoms with Crippen LogP contribution in [0.4, 0.5) is 10.5 Å². The van der Waals surface area contributed by atoms with Gasteiger partial charge in [0.25, 0.3) is 0 Å². The molecule has 0 aliphatic heterocycles. The molecule has 0 saturated carbocycles. The van der Waals surface area contributed by atoms with Crippen LogP contribution < -0.4 is 5.32 Å². The van der Waals surface area contributed by atoms with Crippen molar-refractivity contribution in [3.8, 4) is 0 Å². The van der Waals surface area contributed by atoms with Crippen LogP contribution in [0.5, 0.6) is 0 Å². The predicted octanol–water partition coefficient (Wildman–Crippen LogP) is 5.62. The Labute approximate surface area is 196 Å². The summed E-state index contributed by atoms with van der Waals surface area (Å²) in [6, 6.07) is 20.9. The van der Waals surface area contributed by atoms with Gasteiger partial charge in [-0.05, 0) is 62.6 Å². The van der Waals surface area contributed by atoms with E-state index in [4.69, 9.17) is 4.42 Å². The molecule has 1 heterocycles. The van der Waals surface area contributed by atoms with Crippen LogP contribution in [-0.2, 0) is 24.3 Å². The van der Waals surface area contributed by atoms with Crippen LogP contribution in [-0.4, -0.2) is 34.3 Å². The van der Waals surface area contributed by atoms with Gasteiger partial charge in [0.05, 0.1) is 6.54 Å². The van der Waals surface area contributed by atoms with E-state index in [9.17, 15) is 9.59 Å². The highest BCUT2D eigenvalue weighted by molar-refractivity contribution is 5.92. The molecule has 174 valence electrons. The van der Waals surface area contributed by atoms with E-state index in [1.54, 1.807) is 9.80 Å². The molecular formula is C27H33N3O3. The Kier molecular flexibility index (Phi) is 8.30. The van der Waals surface area contributed by atoms with E-state index < -0.39 is 0 Å². The number of rotatable bonds is 9. The fraction of sp³-hybridized carbons (Fsp3) is 0.333. The third kappa shape index (κ3) is 6.97. The lowest BCUT2D eigenvalue weighted by molar-refractivity contribution is -0.133. The van der Waals surface area contributed by atoms with Crippen molar-refractivity contribution in [2.24, 2.45) is 0 Å². The molecule has 0 aliphatic carbocycles. The normalized spacial score (nSPS) is 10.8. The Morgan fingerprint density at radius 3 is 2.18 bits per heavy atom. The first-order valence-electron chi connectivity index (χ1n) is 11.4. The molecule has 0 aliphatic rings. The van der Waals surface area contributed by atoms with Gasteiger partial charge >= 0.3 is 6.03 Å². The second-order valence-corrected chi connectivity index (χ2v) is 8.45. The predicted molar refractivity (Wildman–Crippen MR) is 131 cm³/mol. The number of benzene rings is 2. The summed E-state index contributed by atoms with van der Waals surface area (Å²) in [5.74, 6) is 1.38. The van der Waals surface area contributed by atoms with Crippen LogP contribution in [0.3, 0.4) is 0 Å². The molecule has 0 atom stereocenters. The summed E-state index contributed by atoms with van der Waals surface area (Å²) in [6.07, 6.45) is 0.938. The highest BCUT2D eigenvalue weighted by atomic mass is 16.3. The lowest BCUT2D eigenvalue weighted by Crippen LogP contribution is -2.47. The van der Waals surface area contributed by atoms with Gasteiger partial charge < -0.3 is 19.5 Å². The number of aryl methyl sites for hydroxylation is 2. The molecule has 3 rings (SSSR count). The zero-order valence-electron chi connectivity index (χ0n) is 19.9. The Morgan fingerprint density at radius 1 is 0.909 bits per heavy atom. The van der Waals surface area contributed by atoms with E-state index in [0.29, 0.717) is 24.5 Å².